The maximum absolute atomic E-state index is 11.5. The van der Waals surface area contributed by atoms with Gasteiger partial charge in [-0.2, -0.15) is 4.98 Å². The molecule has 1 aromatic heterocycles. The number of ether oxygens (including phenoxy) is 1. The van der Waals surface area contributed by atoms with E-state index in [0.717, 1.165) is 18.8 Å². The van der Waals surface area contributed by atoms with Gasteiger partial charge in [0.15, 0.2) is 0 Å². The fourth-order valence-corrected chi connectivity index (χ4v) is 3.23. The molecule has 0 spiro atoms. The third-order valence-electron chi connectivity index (χ3n) is 4.41. The Morgan fingerprint density at radius 1 is 1.38 bits per heavy atom. The first-order chi connectivity index (χ1) is 11.6. The third-order valence-corrected chi connectivity index (χ3v) is 4.41. The van der Waals surface area contributed by atoms with Crippen molar-refractivity contribution in [2.24, 2.45) is 11.7 Å². The number of nitrogens with one attached hydrogen (secondary N) is 1. The molecule has 0 aromatic carbocycles. The molecule has 0 saturated heterocycles. The molecule has 0 radical (unpaired) electrons. The summed E-state index contributed by atoms with van der Waals surface area (Å²) in [6.07, 6.45) is 8.08. The van der Waals surface area contributed by atoms with E-state index in [2.05, 4.69) is 14.9 Å². The van der Waals surface area contributed by atoms with Crippen molar-refractivity contribution < 1.29 is 24.1 Å². The molecule has 2 rings (SSSR count). The highest BCUT2D eigenvalue weighted by Gasteiger charge is 2.24. The Labute approximate surface area is 139 Å². The molecule has 9 heteroatoms. The Bertz CT molecular complexity index is 542. The van der Waals surface area contributed by atoms with E-state index in [1.807, 2.05) is 0 Å². The summed E-state index contributed by atoms with van der Waals surface area (Å²) in [5.41, 5.74) is 6.50. The second-order valence-corrected chi connectivity index (χ2v) is 6.21. The van der Waals surface area contributed by atoms with Crippen molar-refractivity contribution in [3.8, 4) is 6.01 Å². The first-order valence-electron chi connectivity index (χ1n) is 8.32. The lowest BCUT2D eigenvalue weighted by Gasteiger charge is -2.22. The molecule has 134 valence electrons. The molecule has 0 unspecified atom stereocenters. The van der Waals surface area contributed by atoms with Crippen LogP contribution in [0.25, 0.3) is 0 Å². The van der Waals surface area contributed by atoms with Gasteiger partial charge in [-0.1, -0.05) is 44.9 Å². The average molecular weight is 340 g/mol. The molecule has 2 amide bonds. The Kier molecular flexibility index (Phi) is 6.98. The van der Waals surface area contributed by atoms with E-state index in [1.165, 1.54) is 32.1 Å². The summed E-state index contributed by atoms with van der Waals surface area (Å²) < 4.78 is 9.61. The smallest absolute Gasteiger partial charge is 0.372 e. The Morgan fingerprint density at radius 2 is 2.12 bits per heavy atom. The zero-order chi connectivity index (χ0) is 17.4. The van der Waals surface area contributed by atoms with Crippen LogP contribution in [0.2, 0.25) is 0 Å². The van der Waals surface area contributed by atoms with E-state index in [4.69, 9.17) is 15.5 Å². The molecule has 1 saturated carbocycles. The van der Waals surface area contributed by atoms with Crippen LogP contribution in [0.15, 0.2) is 4.52 Å². The van der Waals surface area contributed by atoms with Gasteiger partial charge in [-0.25, -0.2) is 10.3 Å². The quantitative estimate of drug-likeness (QED) is 0.487. The zero-order valence-electron chi connectivity index (χ0n) is 13.6. The summed E-state index contributed by atoms with van der Waals surface area (Å²) in [6, 6.07) is -0.279. The van der Waals surface area contributed by atoms with E-state index in [0.29, 0.717) is 6.42 Å². The van der Waals surface area contributed by atoms with Gasteiger partial charge in [0.05, 0.1) is 0 Å². The first-order valence-corrected chi connectivity index (χ1v) is 8.32. The zero-order valence-corrected chi connectivity index (χ0v) is 13.6. The number of carbonyl (C=O) groups is 2. The molecule has 1 heterocycles. The van der Waals surface area contributed by atoms with Gasteiger partial charge in [-0.3, -0.25) is 10.0 Å². The summed E-state index contributed by atoms with van der Waals surface area (Å²) in [5.74, 6) is 0.0488. The minimum absolute atomic E-state index is 0.0133. The summed E-state index contributed by atoms with van der Waals surface area (Å²) in [6.45, 7) is 0. The third kappa shape index (κ3) is 5.80. The molecule has 9 nitrogen and oxygen atoms in total. The predicted octanol–water partition coefficient (Wildman–Crippen LogP) is 2.26. The van der Waals surface area contributed by atoms with Gasteiger partial charge in [0, 0.05) is 12.3 Å². The fourth-order valence-electron chi connectivity index (χ4n) is 3.23. The standard InChI is InChI=1S/C15H24N4O5/c16-14(21)23-15-17-13(24-19-15)11(9-12(20)18-22)8-4-7-10-5-2-1-3-6-10/h10-11,22H,1-9H2,(H2,16,21)(H,18,20)/t11-/m1/s1. The van der Waals surface area contributed by atoms with Crippen molar-refractivity contribution in [3.63, 3.8) is 0 Å². The van der Waals surface area contributed by atoms with Crippen molar-refractivity contribution in [2.45, 2.75) is 63.7 Å². The topological polar surface area (TPSA) is 141 Å². The van der Waals surface area contributed by atoms with E-state index in [-0.39, 0.29) is 24.2 Å². The van der Waals surface area contributed by atoms with Crippen LogP contribution in [-0.4, -0.2) is 27.3 Å². The fraction of sp³-hybridized carbons (Fsp3) is 0.733. The lowest BCUT2D eigenvalue weighted by atomic mass is 9.84. The number of primary amides is 1. The van der Waals surface area contributed by atoms with Gasteiger partial charge < -0.3 is 15.0 Å². The number of nitrogens with zero attached hydrogens (tertiary/aromatic N) is 2. The minimum Gasteiger partial charge on any atom is -0.372 e. The molecular formula is C15H24N4O5. The number of carbonyl (C=O) groups excluding carboxylic acids is 2. The predicted molar refractivity (Wildman–Crippen MR) is 82.2 cm³/mol. The van der Waals surface area contributed by atoms with Crippen molar-refractivity contribution in [2.75, 3.05) is 0 Å². The molecule has 0 aliphatic heterocycles. The summed E-state index contributed by atoms with van der Waals surface area (Å²) in [4.78, 5) is 26.1. The van der Waals surface area contributed by atoms with Crippen molar-refractivity contribution in [1.82, 2.24) is 15.6 Å². The first kappa shape index (κ1) is 18.2. The van der Waals surface area contributed by atoms with Crippen LogP contribution >= 0.6 is 0 Å². The van der Waals surface area contributed by atoms with Crippen LogP contribution in [-0.2, 0) is 4.79 Å². The van der Waals surface area contributed by atoms with E-state index < -0.39 is 12.0 Å². The van der Waals surface area contributed by atoms with Gasteiger partial charge in [-0.05, 0) is 17.5 Å². The Morgan fingerprint density at radius 3 is 2.79 bits per heavy atom. The Balaban J connectivity index is 1.91. The normalized spacial score (nSPS) is 16.5. The van der Waals surface area contributed by atoms with Gasteiger partial charge >= 0.3 is 12.1 Å². The number of rotatable bonds is 8. The lowest BCUT2D eigenvalue weighted by Crippen LogP contribution is -2.21. The molecular weight excluding hydrogens is 316 g/mol. The molecule has 1 aliphatic rings. The van der Waals surface area contributed by atoms with Crippen LogP contribution in [0, 0.1) is 5.92 Å². The van der Waals surface area contributed by atoms with E-state index in [1.54, 1.807) is 5.48 Å². The highest BCUT2D eigenvalue weighted by molar-refractivity contribution is 5.75. The molecule has 1 fully saturated rings. The van der Waals surface area contributed by atoms with Crippen molar-refractivity contribution in [1.29, 1.82) is 0 Å². The van der Waals surface area contributed by atoms with Crippen LogP contribution < -0.4 is 16.0 Å². The molecule has 1 aromatic rings. The van der Waals surface area contributed by atoms with Gasteiger partial charge in [0.2, 0.25) is 11.8 Å². The van der Waals surface area contributed by atoms with E-state index in [9.17, 15) is 9.59 Å². The van der Waals surface area contributed by atoms with Crippen LogP contribution in [0.3, 0.4) is 0 Å². The molecule has 1 atom stereocenters. The summed E-state index contributed by atoms with van der Waals surface area (Å²) in [7, 11) is 0. The average Bonchev–Trinajstić information content (AvgIpc) is 3.02. The van der Waals surface area contributed by atoms with Gasteiger partial charge in [-0.15, -0.1) is 0 Å². The highest BCUT2D eigenvalue weighted by Crippen LogP contribution is 2.31. The van der Waals surface area contributed by atoms with Crippen molar-refractivity contribution in [3.05, 3.63) is 5.89 Å². The number of aromatic nitrogens is 2. The largest absolute Gasteiger partial charge is 0.412 e. The minimum atomic E-state index is -1.04. The number of nitrogens with two attached hydrogens (primary N) is 1. The highest BCUT2D eigenvalue weighted by atomic mass is 16.6. The Hall–Kier alpha value is -2.16. The number of hydrogen-bond acceptors (Lipinski definition) is 7. The number of amides is 2. The lowest BCUT2D eigenvalue weighted by molar-refractivity contribution is -0.129. The van der Waals surface area contributed by atoms with Gasteiger partial charge in [0.25, 0.3) is 0 Å². The van der Waals surface area contributed by atoms with Crippen molar-refractivity contribution >= 4 is 12.0 Å². The van der Waals surface area contributed by atoms with E-state index >= 15 is 0 Å². The maximum Gasteiger partial charge on any atom is 0.412 e. The molecule has 0 bridgehead atoms. The van der Waals surface area contributed by atoms with Gasteiger partial charge in [0.1, 0.15) is 0 Å². The molecule has 4 N–H and O–H groups in total. The second-order valence-electron chi connectivity index (χ2n) is 6.21. The van der Waals surface area contributed by atoms with Crippen LogP contribution in [0.4, 0.5) is 4.79 Å². The number of hydroxylamine groups is 1. The molecule has 1 aliphatic carbocycles. The monoisotopic (exact) mass is 340 g/mol. The maximum atomic E-state index is 11.5. The molecule has 24 heavy (non-hydrogen) atoms. The number of hydrogen-bond donors (Lipinski definition) is 3. The summed E-state index contributed by atoms with van der Waals surface area (Å²) >= 11 is 0. The van der Waals surface area contributed by atoms with Crippen LogP contribution in [0.1, 0.15) is 69.6 Å². The second kappa shape index (κ2) is 9.21. The SMILES string of the molecule is NC(=O)Oc1noc([C@H](CCCC2CCCCC2)CC(=O)NO)n1. The summed E-state index contributed by atoms with van der Waals surface area (Å²) in [5, 5.41) is 12.2. The van der Waals surface area contributed by atoms with Crippen LogP contribution in [0.5, 0.6) is 6.01 Å².